The van der Waals surface area contributed by atoms with Gasteiger partial charge in [0.2, 0.25) is 0 Å². The van der Waals surface area contributed by atoms with Crippen LogP contribution in [0.1, 0.15) is 28.2 Å². The highest BCUT2D eigenvalue weighted by Crippen LogP contribution is 2.31. The summed E-state index contributed by atoms with van der Waals surface area (Å²) in [6.45, 7) is 4.15. The van der Waals surface area contributed by atoms with Crippen LogP contribution in [0.25, 0.3) is 15.9 Å². The average Bonchev–Trinajstić information content (AvgIpc) is 3.23. The summed E-state index contributed by atoms with van der Waals surface area (Å²) in [6.07, 6.45) is 2.09. The number of aromatic nitrogens is 2. The van der Waals surface area contributed by atoms with Gasteiger partial charge in [-0.15, -0.1) is 11.3 Å². The summed E-state index contributed by atoms with van der Waals surface area (Å²) in [7, 11) is 4.12. The SMILES string of the molecule is Cc1nn(-c2ccc(F)cc2)c2sc(C(=O)N(C)C3CC[NH+](C)CC3)cc12. The summed E-state index contributed by atoms with van der Waals surface area (Å²) in [5.41, 5.74) is 1.66. The van der Waals surface area contributed by atoms with Crippen molar-refractivity contribution in [3.8, 4) is 5.69 Å². The standard InChI is InChI=1S/C20H23FN4OS/c1-13-17-12-18(19(26)24(3)15-8-10-23(2)11-9-15)27-20(17)25(22-13)16-6-4-14(21)5-7-16/h4-7,12,15H,8-11H2,1-3H3/p+1. The molecule has 2 aromatic heterocycles. The Morgan fingerprint density at radius 3 is 2.63 bits per heavy atom. The van der Waals surface area contributed by atoms with Crippen LogP contribution in [0, 0.1) is 12.7 Å². The highest BCUT2D eigenvalue weighted by atomic mass is 32.1. The third-order valence-electron chi connectivity index (χ3n) is 5.50. The molecule has 1 aliphatic rings. The van der Waals surface area contributed by atoms with Gasteiger partial charge < -0.3 is 9.80 Å². The van der Waals surface area contributed by atoms with Crippen molar-refractivity contribution in [2.24, 2.45) is 0 Å². The number of carbonyl (C=O) groups excluding carboxylic acids is 1. The number of hydrogen-bond acceptors (Lipinski definition) is 3. The number of rotatable bonds is 3. The van der Waals surface area contributed by atoms with E-state index in [-0.39, 0.29) is 11.7 Å². The summed E-state index contributed by atoms with van der Waals surface area (Å²) < 4.78 is 15.0. The molecule has 1 saturated heterocycles. The zero-order chi connectivity index (χ0) is 19.1. The van der Waals surface area contributed by atoms with Crippen LogP contribution < -0.4 is 4.90 Å². The van der Waals surface area contributed by atoms with Gasteiger partial charge in [0, 0.05) is 31.3 Å². The number of nitrogens with zero attached hydrogens (tertiary/aromatic N) is 3. The molecule has 4 rings (SSSR count). The molecule has 27 heavy (non-hydrogen) atoms. The molecule has 1 aliphatic heterocycles. The molecule has 1 N–H and O–H groups in total. The van der Waals surface area contributed by atoms with Crippen molar-refractivity contribution in [2.75, 3.05) is 27.2 Å². The Hall–Kier alpha value is -2.25. The first-order valence-electron chi connectivity index (χ1n) is 9.27. The first kappa shape index (κ1) is 18.1. The van der Waals surface area contributed by atoms with E-state index in [1.807, 2.05) is 24.9 Å². The van der Waals surface area contributed by atoms with Crippen molar-refractivity contribution in [2.45, 2.75) is 25.8 Å². The van der Waals surface area contributed by atoms with Crippen molar-refractivity contribution in [3.05, 3.63) is 46.7 Å². The minimum atomic E-state index is -0.275. The molecule has 1 aromatic carbocycles. The van der Waals surface area contributed by atoms with Crippen LogP contribution in [0.3, 0.4) is 0 Å². The fourth-order valence-electron chi connectivity index (χ4n) is 3.73. The molecule has 3 heterocycles. The molecule has 0 spiro atoms. The van der Waals surface area contributed by atoms with Crippen LogP contribution in [0.2, 0.25) is 0 Å². The van der Waals surface area contributed by atoms with Crippen molar-refractivity contribution in [3.63, 3.8) is 0 Å². The van der Waals surface area contributed by atoms with Crippen molar-refractivity contribution in [1.29, 1.82) is 0 Å². The number of halogens is 1. The Kier molecular flexibility index (Phi) is 4.74. The predicted molar refractivity (Wildman–Crippen MR) is 105 cm³/mol. The number of carbonyl (C=O) groups is 1. The zero-order valence-electron chi connectivity index (χ0n) is 15.8. The number of quaternary nitrogens is 1. The summed E-state index contributed by atoms with van der Waals surface area (Å²) in [6, 6.07) is 8.51. The molecule has 0 atom stereocenters. The lowest BCUT2D eigenvalue weighted by molar-refractivity contribution is -0.885. The van der Waals surface area contributed by atoms with Gasteiger partial charge >= 0.3 is 0 Å². The van der Waals surface area contributed by atoms with E-state index in [1.165, 1.54) is 28.4 Å². The van der Waals surface area contributed by atoms with E-state index in [0.717, 1.165) is 52.4 Å². The highest BCUT2D eigenvalue weighted by molar-refractivity contribution is 7.20. The number of fused-ring (bicyclic) bond motifs is 1. The maximum Gasteiger partial charge on any atom is 0.264 e. The van der Waals surface area contributed by atoms with E-state index in [2.05, 4.69) is 12.1 Å². The Bertz CT molecular complexity index is 970. The third kappa shape index (κ3) is 3.37. The first-order valence-corrected chi connectivity index (χ1v) is 10.1. The molecule has 0 bridgehead atoms. The molecule has 1 amide bonds. The molecule has 3 aromatic rings. The van der Waals surface area contributed by atoms with Crippen LogP contribution in [-0.2, 0) is 0 Å². The largest absolute Gasteiger partial charge is 0.338 e. The van der Waals surface area contributed by atoms with Gasteiger partial charge in [-0.25, -0.2) is 9.07 Å². The second-order valence-electron chi connectivity index (χ2n) is 7.41. The second-order valence-corrected chi connectivity index (χ2v) is 8.44. The number of thiophene rings is 1. The lowest BCUT2D eigenvalue weighted by atomic mass is 10.0. The highest BCUT2D eigenvalue weighted by Gasteiger charge is 2.28. The van der Waals surface area contributed by atoms with Gasteiger partial charge in [0.25, 0.3) is 5.91 Å². The monoisotopic (exact) mass is 387 g/mol. The fourth-order valence-corrected chi connectivity index (χ4v) is 4.90. The Balaban J connectivity index is 1.64. The normalized spacial score (nSPS) is 20.1. The molecule has 142 valence electrons. The molecule has 5 nitrogen and oxygen atoms in total. The van der Waals surface area contributed by atoms with Crippen LogP contribution in [0.4, 0.5) is 4.39 Å². The summed E-state index contributed by atoms with van der Waals surface area (Å²) >= 11 is 1.46. The van der Waals surface area contributed by atoms with Gasteiger partial charge in [-0.1, -0.05) is 0 Å². The first-order chi connectivity index (χ1) is 12.9. The number of hydrogen-bond donors (Lipinski definition) is 1. The van der Waals surface area contributed by atoms with Crippen LogP contribution >= 0.6 is 11.3 Å². The van der Waals surface area contributed by atoms with Gasteiger partial charge in [-0.2, -0.15) is 5.10 Å². The van der Waals surface area contributed by atoms with Crippen LogP contribution in [0.15, 0.2) is 30.3 Å². The Morgan fingerprint density at radius 2 is 1.96 bits per heavy atom. The van der Waals surface area contributed by atoms with Crippen LogP contribution in [-0.4, -0.2) is 53.8 Å². The van der Waals surface area contributed by atoms with E-state index in [9.17, 15) is 9.18 Å². The van der Waals surface area contributed by atoms with E-state index >= 15 is 0 Å². The smallest absolute Gasteiger partial charge is 0.264 e. The lowest BCUT2D eigenvalue weighted by Gasteiger charge is -2.33. The second kappa shape index (κ2) is 7.05. The number of aryl methyl sites for hydroxylation is 1. The maximum absolute atomic E-state index is 13.2. The minimum absolute atomic E-state index is 0.0748. The average molecular weight is 388 g/mol. The molecular weight excluding hydrogens is 363 g/mol. The Labute approximate surface area is 162 Å². The maximum atomic E-state index is 13.2. The van der Waals surface area contributed by atoms with Gasteiger partial charge in [0.15, 0.2) is 0 Å². The number of piperidine rings is 1. The summed E-state index contributed by atoms with van der Waals surface area (Å²) in [5.74, 6) is -0.201. The number of nitrogens with one attached hydrogen (secondary N) is 1. The topological polar surface area (TPSA) is 42.6 Å². The van der Waals surface area contributed by atoms with Gasteiger partial charge in [0.1, 0.15) is 10.6 Å². The molecule has 0 saturated carbocycles. The summed E-state index contributed by atoms with van der Waals surface area (Å²) in [4.78, 5) is 18.1. The van der Waals surface area contributed by atoms with Crippen molar-refractivity contribution < 1.29 is 14.1 Å². The summed E-state index contributed by atoms with van der Waals surface area (Å²) in [5, 5.41) is 5.55. The lowest BCUT2D eigenvalue weighted by Crippen LogP contribution is -3.10. The van der Waals surface area contributed by atoms with Crippen molar-refractivity contribution in [1.82, 2.24) is 14.7 Å². The van der Waals surface area contributed by atoms with E-state index in [1.54, 1.807) is 16.8 Å². The molecule has 7 heteroatoms. The minimum Gasteiger partial charge on any atom is -0.338 e. The van der Waals surface area contributed by atoms with Gasteiger partial charge in [0.05, 0.1) is 36.4 Å². The zero-order valence-corrected chi connectivity index (χ0v) is 16.6. The van der Waals surface area contributed by atoms with E-state index in [0.29, 0.717) is 6.04 Å². The fraction of sp³-hybridized carbons (Fsp3) is 0.400. The number of amides is 1. The molecule has 0 unspecified atom stereocenters. The number of benzene rings is 1. The third-order valence-corrected chi connectivity index (χ3v) is 6.60. The number of likely N-dealkylation sites (tertiary alicyclic amines) is 1. The van der Waals surface area contributed by atoms with E-state index < -0.39 is 0 Å². The Morgan fingerprint density at radius 1 is 1.30 bits per heavy atom. The quantitative estimate of drug-likeness (QED) is 0.749. The van der Waals surface area contributed by atoms with Gasteiger partial charge in [-0.3, -0.25) is 4.79 Å². The van der Waals surface area contributed by atoms with Gasteiger partial charge in [-0.05, 0) is 37.3 Å². The molecule has 0 radical (unpaired) electrons. The molecule has 1 fully saturated rings. The predicted octanol–water partition coefficient (Wildman–Crippen LogP) is 2.28. The molecular formula is C20H24FN4OS+. The van der Waals surface area contributed by atoms with Crippen LogP contribution in [0.5, 0.6) is 0 Å². The molecule has 0 aliphatic carbocycles. The van der Waals surface area contributed by atoms with Crippen molar-refractivity contribution >= 4 is 27.5 Å². The van der Waals surface area contributed by atoms with E-state index in [4.69, 9.17) is 0 Å².